The Kier molecular flexibility index (Phi) is 4.97. The van der Waals surface area contributed by atoms with Crippen molar-refractivity contribution in [2.45, 2.75) is 32.7 Å². The third-order valence-electron chi connectivity index (χ3n) is 4.30. The van der Waals surface area contributed by atoms with Crippen molar-refractivity contribution in [3.8, 4) is 11.6 Å². The van der Waals surface area contributed by atoms with Gasteiger partial charge in [-0.05, 0) is 31.5 Å². The minimum absolute atomic E-state index is 0.00876. The maximum atomic E-state index is 12.5. The van der Waals surface area contributed by atoms with E-state index in [1.807, 2.05) is 20.9 Å². The lowest BCUT2D eigenvalue weighted by molar-refractivity contribution is -0.131. The molecule has 0 aliphatic rings. The summed E-state index contributed by atoms with van der Waals surface area (Å²) in [5.74, 6) is 1.40. The van der Waals surface area contributed by atoms with Crippen molar-refractivity contribution >= 4 is 5.91 Å². The second kappa shape index (κ2) is 7.34. The maximum absolute atomic E-state index is 12.5. The van der Waals surface area contributed by atoms with Gasteiger partial charge in [0.1, 0.15) is 0 Å². The number of aryl methyl sites for hydroxylation is 2. The van der Waals surface area contributed by atoms with Gasteiger partial charge < -0.3 is 13.8 Å². The number of aromatic nitrogens is 2. The number of rotatable bonds is 6. The molecule has 0 aliphatic carbocycles. The molecule has 25 heavy (non-hydrogen) atoms. The van der Waals surface area contributed by atoms with E-state index in [-0.39, 0.29) is 11.9 Å². The normalized spacial score (nSPS) is 12.1. The Hall–Kier alpha value is -2.89. The summed E-state index contributed by atoms with van der Waals surface area (Å²) in [4.78, 5) is 18.5. The SMILES string of the molecule is Cc1ccc(C(C)N(C)C(=O)CCc2nc(-c3ccco3)no2)cc1. The van der Waals surface area contributed by atoms with Gasteiger partial charge >= 0.3 is 0 Å². The molecular weight excluding hydrogens is 318 g/mol. The van der Waals surface area contributed by atoms with Crippen LogP contribution >= 0.6 is 0 Å². The van der Waals surface area contributed by atoms with Gasteiger partial charge in [-0.1, -0.05) is 35.0 Å². The summed E-state index contributed by atoms with van der Waals surface area (Å²) in [5.41, 5.74) is 2.31. The van der Waals surface area contributed by atoms with Crippen molar-refractivity contribution in [3.05, 3.63) is 59.7 Å². The first kappa shape index (κ1) is 17.0. The van der Waals surface area contributed by atoms with Crippen LogP contribution in [0.25, 0.3) is 11.6 Å². The second-order valence-electron chi connectivity index (χ2n) is 6.08. The molecule has 0 aliphatic heterocycles. The van der Waals surface area contributed by atoms with Crippen molar-refractivity contribution in [1.29, 1.82) is 0 Å². The summed E-state index contributed by atoms with van der Waals surface area (Å²) >= 11 is 0. The van der Waals surface area contributed by atoms with Crippen LogP contribution in [0.1, 0.15) is 36.4 Å². The third kappa shape index (κ3) is 3.96. The summed E-state index contributed by atoms with van der Waals surface area (Å²) in [6, 6.07) is 11.7. The maximum Gasteiger partial charge on any atom is 0.238 e. The third-order valence-corrected chi connectivity index (χ3v) is 4.30. The van der Waals surface area contributed by atoms with E-state index in [0.29, 0.717) is 30.3 Å². The smallest absolute Gasteiger partial charge is 0.238 e. The molecular formula is C19H21N3O3. The molecule has 0 N–H and O–H groups in total. The molecule has 130 valence electrons. The van der Waals surface area contributed by atoms with Crippen molar-refractivity contribution in [1.82, 2.24) is 15.0 Å². The standard InChI is InChI=1S/C19H21N3O3/c1-13-6-8-15(9-7-13)14(2)22(3)18(23)11-10-17-20-19(21-25-17)16-5-4-12-24-16/h4-9,12,14H,10-11H2,1-3H3. The van der Waals surface area contributed by atoms with Crippen molar-refractivity contribution in [2.75, 3.05) is 7.05 Å². The monoisotopic (exact) mass is 339 g/mol. The molecule has 2 heterocycles. The first-order chi connectivity index (χ1) is 12.0. The van der Waals surface area contributed by atoms with E-state index in [4.69, 9.17) is 8.94 Å². The van der Waals surface area contributed by atoms with Crippen molar-refractivity contribution < 1.29 is 13.7 Å². The first-order valence-electron chi connectivity index (χ1n) is 8.23. The van der Waals surface area contributed by atoms with Crippen molar-refractivity contribution in [3.63, 3.8) is 0 Å². The average molecular weight is 339 g/mol. The first-order valence-corrected chi connectivity index (χ1v) is 8.23. The molecule has 1 aromatic carbocycles. The number of carbonyl (C=O) groups is 1. The molecule has 1 amide bonds. The van der Waals surface area contributed by atoms with Gasteiger partial charge in [-0.2, -0.15) is 4.98 Å². The fraction of sp³-hybridized carbons (Fsp3) is 0.316. The predicted octanol–water partition coefficient (Wildman–Crippen LogP) is 3.79. The molecule has 0 radical (unpaired) electrons. The summed E-state index contributed by atoms with van der Waals surface area (Å²) in [5, 5.41) is 3.87. The average Bonchev–Trinajstić information content (AvgIpc) is 3.30. The van der Waals surface area contributed by atoms with E-state index in [1.165, 1.54) is 5.56 Å². The van der Waals surface area contributed by atoms with Gasteiger partial charge in [-0.3, -0.25) is 4.79 Å². The lowest BCUT2D eigenvalue weighted by Crippen LogP contribution is -2.29. The largest absolute Gasteiger partial charge is 0.461 e. The van der Waals surface area contributed by atoms with E-state index >= 15 is 0 Å². The number of nitrogens with zero attached hydrogens (tertiary/aromatic N) is 3. The molecule has 6 nitrogen and oxygen atoms in total. The Morgan fingerprint density at radius 2 is 2.00 bits per heavy atom. The minimum atomic E-state index is 0.00876. The topological polar surface area (TPSA) is 72.4 Å². The Morgan fingerprint density at radius 1 is 1.24 bits per heavy atom. The number of amides is 1. The molecule has 1 atom stereocenters. The molecule has 1 unspecified atom stereocenters. The molecule has 2 aromatic heterocycles. The summed E-state index contributed by atoms with van der Waals surface area (Å²) in [7, 11) is 1.81. The quantitative estimate of drug-likeness (QED) is 0.683. The van der Waals surface area contributed by atoms with Gasteiger partial charge in [0, 0.05) is 19.9 Å². The fourth-order valence-electron chi connectivity index (χ4n) is 2.54. The van der Waals surface area contributed by atoms with Crippen LogP contribution in [0.4, 0.5) is 0 Å². The summed E-state index contributed by atoms with van der Waals surface area (Å²) < 4.78 is 10.4. The Labute approximate surface area is 146 Å². The van der Waals surface area contributed by atoms with Gasteiger partial charge in [0.25, 0.3) is 0 Å². The minimum Gasteiger partial charge on any atom is -0.461 e. The highest BCUT2D eigenvalue weighted by Gasteiger charge is 2.19. The zero-order valence-electron chi connectivity index (χ0n) is 14.6. The van der Waals surface area contributed by atoms with Crippen LogP contribution in [0, 0.1) is 6.92 Å². The number of carbonyl (C=O) groups excluding carboxylic acids is 1. The van der Waals surface area contributed by atoms with E-state index in [9.17, 15) is 4.79 Å². The zero-order chi connectivity index (χ0) is 17.8. The molecule has 0 saturated heterocycles. The van der Waals surface area contributed by atoms with Crippen LogP contribution in [0.5, 0.6) is 0 Å². The van der Waals surface area contributed by atoms with Gasteiger partial charge in [0.05, 0.1) is 12.3 Å². The number of furan rings is 1. The lowest BCUT2D eigenvalue weighted by Gasteiger charge is -2.25. The predicted molar refractivity (Wildman–Crippen MR) is 92.7 cm³/mol. The molecule has 3 aromatic rings. The van der Waals surface area contributed by atoms with Gasteiger partial charge in [-0.25, -0.2) is 0 Å². The van der Waals surface area contributed by atoms with Crippen molar-refractivity contribution in [2.24, 2.45) is 0 Å². The molecule has 0 bridgehead atoms. The van der Waals surface area contributed by atoms with Crippen LogP contribution in [-0.4, -0.2) is 28.0 Å². The van der Waals surface area contributed by atoms with Gasteiger partial charge in [-0.15, -0.1) is 0 Å². The highest BCUT2D eigenvalue weighted by Crippen LogP contribution is 2.21. The molecule has 0 saturated carbocycles. The fourth-order valence-corrected chi connectivity index (χ4v) is 2.54. The highest BCUT2D eigenvalue weighted by molar-refractivity contribution is 5.76. The summed E-state index contributed by atoms with van der Waals surface area (Å²) in [6.45, 7) is 4.06. The lowest BCUT2D eigenvalue weighted by atomic mass is 10.1. The molecule has 0 fully saturated rings. The van der Waals surface area contributed by atoms with E-state index in [1.54, 1.807) is 23.3 Å². The van der Waals surface area contributed by atoms with E-state index in [2.05, 4.69) is 34.4 Å². The summed E-state index contributed by atoms with van der Waals surface area (Å²) in [6.07, 6.45) is 2.26. The number of benzene rings is 1. The molecule has 6 heteroatoms. The zero-order valence-corrected chi connectivity index (χ0v) is 14.6. The van der Waals surface area contributed by atoms with Crippen LogP contribution in [0.15, 0.2) is 51.6 Å². The number of hydrogen-bond acceptors (Lipinski definition) is 5. The van der Waals surface area contributed by atoms with Gasteiger partial charge in [0.2, 0.25) is 17.6 Å². The van der Waals surface area contributed by atoms with E-state index in [0.717, 1.165) is 5.56 Å². The molecule has 0 spiro atoms. The van der Waals surface area contributed by atoms with Crippen LogP contribution < -0.4 is 0 Å². The Bertz CT molecular complexity index is 822. The van der Waals surface area contributed by atoms with Gasteiger partial charge in [0.15, 0.2) is 5.76 Å². The highest BCUT2D eigenvalue weighted by atomic mass is 16.5. The van der Waals surface area contributed by atoms with Crippen LogP contribution in [0.2, 0.25) is 0 Å². The van der Waals surface area contributed by atoms with E-state index < -0.39 is 0 Å². The second-order valence-corrected chi connectivity index (χ2v) is 6.08. The number of hydrogen-bond donors (Lipinski definition) is 0. The van der Waals surface area contributed by atoms with Crippen LogP contribution in [0.3, 0.4) is 0 Å². The Balaban J connectivity index is 1.57. The van der Waals surface area contributed by atoms with Crippen LogP contribution in [-0.2, 0) is 11.2 Å². The Morgan fingerprint density at radius 3 is 2.68 bits per heavy atom. The molecule has 3 rings (SSSR count).